The Labute approximate surface area is 209 Å². The molecule has 1 aliphatic heterocycles. The Bertz CT molecular complexity index is 1070. The van der Waals surface area contributed by atoms with E-state index in [1.165, 1.54) is 17.7 Å². The lowest BCUT2D eigenvalue weighted by molar-refractivity contribution is -0.118. The minimum absolute atomic E-state index is 0.122. The number of ether oxygens (including phenoxy) is 1. The molecule has 0 bridgehead atoms. The molecule has 8 heteroatoms. The molecule has 5 nitrogen and oxygen atoms in total. The zero-order chi connectivity index (χ0) is 23.8. The lowest BCUT2D eigenvalue weighted by Crippen LogP contribution is -2.39. The van der Waals surface area contributed by atoms with Crippen LogP contribution >= 0.6 is 23.1 Å². The minimum Gasteiger partial charge on any atom is -0.379 e. The van der Waals surface area contributed by atoms with Crippen molar-refractivity contribution in [2.75, 3.05) is 50.0 Å². The van der Waals surface area contributed by atoms with E-state index < -0.39 is 0 Å². The number of anilines is 1. The minimum atomic E-state index is -0.228. The molecule has 1 aromatic heterocycles. The number of carbonyl (C=O) groups excluding carboxylic acids is 1. The number of fused-ring (bicyclic) bond motifs is 1. The summed E-state index contributed by atoms with van der Waals surface area (Å²) in [5, 5.41) is 0.793. The van der Waals surface area contributed by atoms with Crippen LogP contribution in [0.3, 0.4) is 0 Å². The summed E-state index contributed by atoms with van der Waals surface area (Å²) in [7, 11) is 0. The number of halogens is 1. The second-order valence-corrected chi connectivity index (χ2v) is 10.6. The number of aryl methyl sites for hydroxylation is 1. The van der Waals surface area contributed by atoms with Crippen molar-refractivity contribution in [2.24, 2.45) is 0 Å². The monoisotopic (exact) mass is 501 g/mol. The normalized spacial score (nSPS) is 14.5. The first-order valence-electron chi connectivity index (χ1n) is 12.0. The number of thioether (sulfide) groups is 1. The van der Waals surface area contributed by atoms with Crippen LogP contribution in [-0.2, 0) is 16.0 Å². The number of morpholine rings is 1. The van der Waals surface area contributed by atoms with Gasteiger partial charge in [-0.1, -0.05) is 24.3 Å². The van der Waals surface area contributed by atoms with E-state index >= 15 is 0 Å². The number of nitrogens with zero attached hydrogens (tertiary/aromatic N) is 3. The van der Waals surface area contributed by atoms with Crippen LogP contribution in [0.15, 0.2) is 47.4 Å². The molecule has 0 aliphatic carbocycles. The van der Waals surface area contributed by atoms with E-state index in [4.69, 9.17) is 9.72 Å². The van der Waals surface area contributed by atoms with Gasteiger partial charge in [0, 0.05) is 37.5 Å². The Morgan fingerprint density at radius 2 is 1.97 bits per heavy atom. The van der Waals surface area contributed by atoms with Crippen molar-refractivity contribution in [3.05, 3.63) is 53.8 Å². The van der Waals surface area contributed by atoms with Crippen LogP contribution in [0.4, 0.5) is 9.52 Å². The number of carbonyl (C=O) groups is 1. The third kappa shape index (κ3) is 7.01. The van der Waals surface area contributed by atoms with E-state index in [1.807, 2.05) is 4.90 Å². The molecule has 0 unspecified atom stereocenters. The summed E-state index contributed by atoms with van der Waals surface area (Å²) in [6.07, 6.45) is 3.14. The van der Waals surface area contributed by atoms with Gasteiger partial charge in [-0.3, -0.25) is 14.6 Å². The van der Waals surface area contributed by atoms with Crippen LogP contribution in [-0.4, -0.2) is 60.9 Å². The Balaban J connectivity index is 1.38. The van der Waals surface area contributed by atoms with Crippen LogP contribution < -0.4 is 4.90 Å². The Kier molecular flexibility index (Phi) is 9.33. The number of hydrogen-bond acceptors (Lipinski definition) is 6. The topological polar surface area (TPSA) is 45.7 Å². The molecule has 0 radical (unpaired) electrons. The summed E-state index contributed by atoms with van der Waals surface area (Å²) >= 11 is 3.26. The molecule has 34 heavy (non-hydrogen) atoms. The van der Waals surface area contributed by atoms with Gasteiger partial charge in [0.2, 0.25) is 5.91 Å². The zero-order valence-electron chi connectivity index (χ0n) is 19.7. The van der Waals surface area contributed by atoms with E-state index in [0.29, 0.717) is 13.0 Å². The quantitative estimate of drug-likeness (QED) is 0.252. The Hall–Kier alpha value is -2.00. The predicted octanol–water partition coefficient (Wildman–Crippen LogP) is 5.63. The van der Waals surface area contributed by atoms with Gasteiger partial charge >= 0.3 is 0 Å². The maximum absolute atomic E-state index is 13.3. The molecule has 0 spiro atoms. The average Bonchev–Trinajstić information content (AvgIpc) is 3.29. The average molecular weight is 502 g/mol. The van der Waals surface area contributed by atoms with Crippen molar-refractivity contribution in [3.8, 4) is 0 Å². The second kappa shape index (κ2) is 12.6. The number of rotatable bonds is 11. The fourth-order valence-corrected chi connectivity index (χ4v) is 5.90. The molecule has 4 rings (SSSR count). The maximum Gasteiger partial charge on any atom is 0.228 e. The number of thiazole rings is 1. The van der Waals surface area contributed by atoms with Gasteiger partial charge in [-0.2, -0.15) is 0 Å². The molecule has 182 valence electrons. The molecule has 0 saturated carbocycles. The summed E-state index contributed by atoms with van der Waals surface area (Å²) in [4.78, 5) is 23.4. The maximum atomic E-state index is 13.3. The van der Waals surface area contributed by atoms with Gasteiger partial charge in [0.15, 0.2) is 5.13 Å². The lowest BCUT2D eigenvalue weighted by Gasteiger charge is -2.27. The highest BCUT2D eigenvalue weighted by Crippen LogP contribution is 2.31. The summed E-state index contributed by atoms with van der Waals surface area (Å²) in [6, 6.07) is 12.9. The molecular weight excluding hydrogens is 469 g/mol. The smallest absolute Gasteiger partial charge is 0.228 e. The SMILES string of the molecule is CCc1ccc2nc(N(CCCN3CCOCC3)C(=O)CCCSc3ccc(F)cc3)sc2c1. The van der Waals surface area contributed by atoms with Crippen LogP contribution in [0.2, 0.25) is 0 Å². The summed E-state index contributed by atoms with van der Waals surface area (Å²) in [6.45, 7) is 7.25. The highest BCUT2D eigenvalue weighted by Gasteiger charge is 2.20. The van der Waals surface area contributed by atoms with Crippen molar-refractivity contribution in [1.82, 2.24) is 9.88 Å². The molecule has 0 N–H and O–H groups in total. The number of aromatic nitrogens is 1. The number of hydrogen-bond donors (Lipinski definition) is 0. The van der Waals surface area contributed by atoms with E-state index in [1.54, 1.807) is 35.2 Å². The van der Waals surface area contributed by atoms with Gasteiger partial charge < -0.3 is 4.74 Å². The van der Waals surface area contributed by atoms with Gasteiger partial charge in [0.25, 0.3) is 0 Å². The molecule has 3 aromatic rings. The van der Waals surface area contributed by atoms with E-state index in [2.05, 4.69) is 30.0 Å². The van der Waals surface area contributed by atoms with E-state index in [-0.39, 0.29) is 11.7 Å². The van der Waals surface area contributed by atoms with Crippen molar-refractivity contribution in [1.29, 1.82) is 0 Å². The van der Waals surface area contributed by atoms with Crippen LogP contribution in [0.1, 0.15) is 31.7 Å². The third-order valence-corrected chi connectivity index (χ3v) is 8.10. The van der Waals surface area contributed by atoms with Gasteiger partial charge in [-0.25, -0.2) is 9.37 Å². The Morgan fingerprint density at radius 1 is 1.18 bits per heavy atom. The number of amides is 1. The molecule has 2 heterocycles. The molecule has 1 amide bonds. The molecule has 1 fully saturated rings. The molecule has 1 saturated heterocycles. The predicted molar refractivity (Wildman–Crippen MR) is 140 cm³/mol. The van der Waals surface area contributed by atoms with Gasteiger partial charge in [-0.05, 0) is 67.0 Å². The van der Waals surface area contributed by atoms with Crippen LogP contribution in [0, 0.1) is 5.82 Å². The zero-order valence-corrected chi connectivity index (χ0v) is 21.3. The standard InChI is InChI=1S/C26H32FN3O2S2/c1-2-20-6-11-23-24(19-20)34-26(28-23)30(13-4-12-29-14-16-32-17-15-29)25(31)5-3-18-33-22-9-7-21(27)8-10-22/h6-11,19H,2-5,12-18H2,1H3. The molecule has 0 atom stereocenters. The van der Waals surface area contributed by atoms with Crippen molar-refractivity contribution >= 4 is 44.4 Å². The highest BCUT2D eigenvalue weighted by atomic mass is 32.2. The fourth-order valence-electron chi connectivity index (χ4n) is 3.98. The largest absolute Gasteiger partial charge is 0.379 e. The third-order valence-electron chi connectivity index (χ3n) is 5.96. The lowest BCUT2D eigenvalue weighted by atomic mass is 10.2. The number of benzene rings is 2. The molecule has 1 aliphatic rings. The molecular formula is C26H32FN3O2S2. The van der Waals surface area contributed by atoms with Crippen LogP contribution in [0.5, 0.6) is 0 Å². The van der Waals surface area contributed by atoms with Gasteiger partial charge in [-0.15, -0.1) is 11.8 Å². The van der Waals surface area contributed by atoms with E-state index in [0.717, 1.165) is 78.1 Å². The first-order chi connectivity index (χ1) is 16.6. The second-order valence-electron chi connectivity index (χ2n) is 8.41. The van der Waals surface area contributed by atoms with Gasteiger partial charge in [0.05, 0.1) is 23.4 Å². The summed E-state index contributed by atoms with van der Waals surface area (Å²) in [5.74, 6) is 0.712. The highest BCUT2D eigenvalue weighted by molar-refractivity contribution is 7.99. The first kappa shape index (κ1) is 25.1. The Morgan fingerprint density at radius 3 is 2.74 bits per heavy atom. The van der Waals surface area contributed by atoms with E-state index in [9.17, 15) is 9.18 Å². The van der Waals surface area contributed by atoms with Crippen LogP contribution in [0.25, 0.3) is 10.2 Å². The van der Waals surface area contributed by atoms with Crippen molar-refractivity contribution in [2.45, 2.75) is 37.5 Å². The van der Waals surface area contributed by atoms with Crippen molar-refractivity contribution < 1.29 is 13.9 Å². The summed E-state index contributed by atoms with van der Waals surface area (Å²) < 4.78 is 19.7. The fraction of sp³-hybridized carbons (Fsp3) is 0.462. The van der Waals surface area contributed by atoms with Crippen molar-refractivity contribution in [3.63, 3.8) is 0 Å². The van der Waals surface area contributed by atoms with Gasteiger partial charge in [0.1, 0.15) is 5.82 Å². The first-order valence-corrected chi connectivity index (χ1v) is 13.8. The molecule has 2 aromatic carbocycles. The summed E-state index contributed by atoms with van der Waals surface area (Å²) in [5.41, 5.74) is 2.24.